The van der Waals surface area contributed by atoms with E-state index in [1.807, 2.05) is 26.8 Å². The first-order valence-electron chi connectivity index (χ1n) is 10.6. The van der Waals surface area contributed by atoms with Crippen LogP contribution >= 0.6 is 34.8 Å². The predicted molar refractivity (Wildman–Crippen MR) is 131 cm³/mol. The zero-order valence-electron chi connectivity index (χ0n) is 18.5. The third-order valence-corrected chi connectivity index (χ3v) is 5.76. The molecule has 32 heavy (non-hydrogen) atoms. The molecule has 0 aliphatic heterocycles. The van der Waals surface area contributed by atoms with Gasteiger partial charge in [-0.25, -0.2) is 0 Å². The lowest BCUT2D eigenvalue weighted by Gasteiger charge is -2.31. The highest BCUT2D eigenvalue weighted by molar-refractivity contribution is 6.42. The van der Waals surface area contributed by atoms with E-state index in [9.17, 15) is 9.59 Å². The lowest BCUT2D eigenvalue weighted by molar-refractivity contribution is -0.141. The molecule has 1 atom stereocenters. The Labute approximate surface area is 205 Å². The van der Waals surface area contributed by atoms with Crippen LogP contribution in [0.15, 0.2) is 42.5 Å². The molecule has 2 rings (SSSR count). The number of carbonyl (C=O) groups is 2. The standard InChI is InChI=1S/C24H29Cl3N2O3/c1-4-22(24(31)28-16(2)3)29(15-17-7-12-20(26)21(27)14-17)23(30)6-5-13-32-19-10-8-18(25)9-11-19/h7-12,14,16,22H,4-6,13,15H2,1-3H3,(H,28,31). The third-order valence-electron chi connectivity index (χ3n) is 4.77. The Morgan fingerprint density at radius 1 is 1.03 bits per heavy atom. The van der Waals surface area contributed by atoms with Crippen LogP contribution < -0.4 is 10.1 Å². The maximum absolute atomic E-state index is 13.2. The molecule has 1 unspecified atom stereocenters. The zero-order valence-corrected chi connectivity index (χ0v) is 20.8. The molecule has 0 saturated heterocycles. The van der Waals surface area contributed by atoms with Gasteiger partial charge in [-0.1, -0.05) is 47.8 Å². The van der Waals surface area contributed by atoms with Crippen molar-refractivity contribution in [3.63, 3.8) is 0 Å². The second-order valence-electron chi connectivity index (χ2n) is 7.76. The molecule has 0 radical (unpaired) electrons. The largest absolute Gasteiger partial charge is 0.494 e. The highest BCUT2D eigenvalue weighted by atomic mass is 35.5. The summed E-state index contributed by atoms with van der Waals surface area (Å²) in [4.78, 5) is 27.6. The Hall–Kier alpha value is -1.95. The van der Waals surface area contributed by atoms with Gasteiger partial charge in [0.05, 0.1) is 16.7 Å². The smallest absolute Gasteiger partial charge is 0.243 e. The van der Waals surface area contributed by atoms with Gasteiger partial charge in [-0.15, -0.1) is 0 Å². The van der Waals surface area contributed by atoms with Crippen LogP contribution in [0.1, 0.15) is 45.6 Å². The fourth-order valence-corrected chi connectivity index (χ4v) is 3.67. The summed E-state index contributed by atoms with van der Waals surface area (Å²) in [6, 6.07) is 11.7. The van der Waals surface area contributed by atoms with E-state index in [-0.39, 0.29) is 30.8 Å². The first-order valence-corrected chi connectivity index (χ1v) is 11.8. The minimum Gasteiger partial charge on any atom is -0.494 e. The summed E-state index contributed by atoms with van der Waals surface area (Å²) in [5.41, 5.74) is 0.806. The van der Waals surface area contributed by atoms with Crippen molar-refractivity contribution in [2.24, 2.45) is 0 Å². The summed E-state index contributed by atoms with van der Waals surface area (Å²) in [7, 11) is 0. The second kappa shape index (κ2) is 12.9. The van der Waals surface area contributed by atoms with Crippen molar-refractivity contribution in [3.05, 3.63) is 63.1 Å². The molecular weight excluding hydrogens is 471 g/mol. The quantitative estimate of drug-likeness (QED) is 0.378. The first kappa shape index (κ1) is 26.3. The van der Waals surface area contributed by atoms with Crippen LogP contribution in [0.3, 0.4) is 0 Å². The van der Waals surface area contributed by atoms with Crippen LogP contribution in [0, 0.1) is 0 Å². The van der Waals surface area contributed by atoms with Gasteiger partial charge in [0.1, 0.15) is 11.8 Å². The highest BCUT2D eigenvalue weighted by Crippen LogP contribution is 2.24. The lowest BCUT2D eigenvalue weighted by Crippen LogP contribution is -2.50. The molecular formula is C24H29Cl3N2O3. The van der Waals surface area contributed by atoms with E-state index in [4.69, 9.17) is 39.5 Å². The Morgan fingerprint density at radius 3 is 2.31 bits per heavy atom. The van der Waals surface area contributed by atoms with E-state index in [0.29, 0.717) is 40.3 Å². The van der Waals surface area contributed by atoms with Gasteiger partial charge in [0.2, 0.25) is 11.8 Å². The van der Waals surface area contributed by atoms with E-state index < -0.39 is 6.04 Å². The van der Waals surface area contributed by atoms with Gasteiger partial charge in [0.15, 0.2) is 0 Å². The number of benzene rings is 2. The maximum atomic E-state index is 13.2. The number of rotatable bonds is 11. The molecule has 2 amide bonds. The number of carbonyl (C=O) groups excluding carboxylic acids is 2. The van der Waals surface area contributed by atoms with Gasteiger partial charge in [0.25, 0.3) is 0 Å². The maximum Gasteiger partial charge on any atom is 0.243 e. The summed E-state index contributed by atoms with van der Waals surface area (Å²) in [5, 5.41) is 4.40. The minimum absolute atomic E-state index is 0.0220. The minimum atomic E-state index is -0.587. The molecule has 0 aromatic heterocycles. The van der Waals surface area contributed by atoms with Crippen molar-refractivity contribution < 1.29 is 14.3 Å². The van der Waals surface area contributed by atoms with Crippen LogP contribution in [0.5, 0.6) is 5.75 Å². The fraction of sp³-hybridized carbons (Fsp3) is 0.417. The number of nitrogens with one attached hydrogen (secondary N) is 1. The normalized spacial score (nSPS) is 11.8. The van der Waals surface area contributed by atoms with Crippen molar-refractivity contribution in [2.45, 2.75) is 58.7 Å². The molecule has 0 heterocycles. The number of amides is 2. The number of hydrogen-bond donors (Lipinski definition) is 1. The van der Waals surface area contributed by atoms with Crippen LogP contribution in [0.25, 0.3) is 0 Å². The molecule has 0 saturated carbocycles. The van der Waals surface area contributed by atoms with E-state index in [1.165, 1.54) is 0 Å². The predicted octanol–water partition coefficient (Wildman–Crippen LogP) is 6.14. The van der Waals surface area contributed by atoms with Gasteiger partial charge in [-0.05, 0) is 68.7 Å². The zero-order chi connectivity index (χ0) is 23.7. The van der Waals surface area contributed by atoms with Gasteiger partial charge >= 0.3 is 0 Å². The van der Waals surface area contributed by atoms with Gasteiger partial charge in [-0.2, -0.15) is 0 Å². The van der Waals surface area contributed by atoms with Crippen molar-refractivity contribution in [1.82, 2.24) is 10.2 Å². The summed E-state index contributed by atoms with van der Waals surface area (Å²) in [6.45, 7) is 6.32. The summed E-state index contributed by atoms with van der Waals surface area (Å²) < 4.78 is 5.68. The van der Waals surface area contributed by atoms with Gasteiger partial charge in [0, 0.05) is 24.0 Å². The molecule has 0 bridgehead atoms. The summed E-state index contributed by atoms with van der Waals surface area (Å²) >= 11 is 18.1. The summed E-state index contributed by atoms with van der Waals surface area (Å²) in [6.07, 6.45) is 1.26. The van der Waals surface area contributed by atoms with Crippen LogP contribution in [-0.4, -0.2) is 35.4 Å². The average molecular weight is 500 g/mol. The molecule has 5 nitrogen and oxygen atoms in total. The van der Waals surface area contributed by atoms with Gasteiger partial charge in [-0.3, -0.25) is 9.59 Å². The number of nitrogens with zero attached hydrogens (tertiary/aromatic N) is 1. The SMILES string of the molecule is CCC(C(=O)NC(C)C)N(Cc1ccc(Cl)c(Cl)c1)C(=O)CCCOc1ccc(Cl)cc1. The van der Waals surface area contributed by atoms with E-state index >= 15 is 0 Å². The van der Waals surface area contributed by atoms with Crippen molar-refractivity contribution >= 4 is 46.6 Å². The number of halogens is 3. The van der Waals surface area contributed by atoms with Crippen LogP contribution in [0.2, 0.25) is 15.1 Å². The molecule has 0 fully saturated rings. The molecule has 1 N–H and O–H groups in total. The average Bonchev–Trinajstić information content (AvgIpc) is 2.74. The van der Waals surface area contributed by atoms with Crippen molar-refractivity contribution in [2.75, 3.05) is 6.61 Å². The van der Waals surface area contributed by atoms with Crippen molar-refractivity contribution in [3.8, 4) is 5.75 Å². The van der Waals surface area contributed by atoms with E-state index in [0.717, 1.165) is 5.56 Å². The van der Waals surface area contributed by atoms with Crippen LogP contribution in [-0.2, 0) is 16.1 Å². The van der Waals surface area contributed by atoms with E-state index in [2.05, 4.69) is 5.32 Å². The first-order chi connectivity index (χ1) is 15.2. The third kappa shape index (κ3) is 8.19. The lowest BCUT2D eigenvalue weighted by atomic mass is 10.1. The topological polar surface area (TPSA) is 58.6 Å². The van der Waals surface area contributed by atoms with Crippen LogP contribution in [0.4, 0.5) is 0 Å². The fourth-order valence-electron chi connectivity index (χ4n) is 3.22. The second-order valence-corrected chi connectivity index (χ2v) is 9.01. The van der Waals surface area contributed by atoms with Gasteiger partial charge < -0.3 is 15.0 Å². The molecule has 8 heteroatoms. The number of ether oxygens (including phenoxy) is 1. The Bertz CT molecular complexity index is 904. The Morgan fingerprint density at radius 2 is 1.72 bits per heavy atom. The molecule has 0 aliphatic carbocycles. The number of hydrogen-bond acceptors (Lipinski definition) is 3. The Balaban J connectivity index is 2.08. The summed E-state index contributed by atoms with van der Waals surface area (Å²) in [5.74, 6) is 0.395. The molecule has 0 spiro atoms. The Kier molecular flexibility index (Phi) is 10.6. The van der Waals surface area contributed by atoms with E-state index in [1.54, 1.807) is 41.3 Å². The van der Waals surface area contributed by atoms with Crippen molar-refractivity contribution in [1.29, 1.82) is 0 Å². The molecule has 2 aromatic rings. The molecule has 174 valence electrons. The molecule has 0 aliphatic rings. The highest BCUT2D eigenvalue weighted by Gasteiger charge is 2.28. The molecule has 2 aromatic carbocycles. The monoisotopic (exact) mass is 498 g/mol.